The summed E-state index contributed by atoms with van der Waals surface area (Å²) in [6.45, 7) is 3.09. The van der Waals surface area contributed by atoms with Gasteiger partial charge in [0, 0.05) is 0 Å². The predicted octanol–water partition coefficient (Wildman–Crippen LogP) is 0.444. The molecule has 0 saturated heterocycles. The molecule has 0 saturated carbocycles. The molecule has 5 heteroatoms. The largest absolute Gasteiger partial charge is 0.425 e. The number of rotatable bonds is 4. The molecule has 0 aromatic heterocycles. The van der Waals surface area contributed by atoms with Crippen LogP contribution in [0.15, 0.2) is 30.3 Å². The molecule has 3 N–H and O–H groups in total. The second kappa shape index (κ2) is 6.00. The highest BCUT2D eigenvalue weighted by Gasteiger charge is 2.19. The fraction of sp³-hybridized carbons (Fsp3) is 0.333. The van der Waals surface area contributed by atoms with Crippen LogP contribution in [-0.2, 0) is 9.59 Å². The Bertz CT molecular complexity index is 390. The van der Waals surface area contributed by atoms with E-state index in [4.69, 9.17) is 10.5 Å². The van der Waals surface area contributed by atoms with Gasteiger partial charge in [-0.15, -0.1) is 0 Å². The van der Waals surface area contributed by atoms with Crippen LogP contribution in [0.2, 0.25) is 0 Å². The van der Waals surface area contributed by atoms with Crippen molar-refractivity contribution in [2.75, 3.05) is 0 Å². The molecule has 1 amide bonds. The molecular weight excluding hydrogens is 220 g/mol. The maximum atomic E-state index is 11.6. The van der Waals surface area contributed by atoms with Gasteiger partial charge in [-0.05, 0) is 26.0 Å². The highest BCUT2D eigenvalue weighted by molar-refractivity contribution is 5.87. The molecule has 0 spiro atoms. The normalized spacial score (nSPS) is 13.6. The van der Waals surface area contributed by atoms with Crippen LogP contribution < -0.4 is 15.8 Å². The van der Waals surface area contributed by atoms with Crippen LogP contribution >= 0.6 is 0 Å². The molecule has 0 radical (unpaired) electrons. The van der Waals surface area contributed by atoms with E-state index in [1.165, 1.54) is 0 Å². The van der Waals surface area contributed by atoms with E-state index in [2.05, 4.69) is 5.32 Å². The summed E-state index contributed by atoms with van der Waals surface area (Å²) in [5, 5.41) is 2.46. The number of benzene rings is 1. The van der Waals surface area contributed by atoms with Crippen LogP contribution in [-0.4, -0.2) is 24.0 Å². The summed E-state index contributed by atoms with van der Waals surface area (Å²) in [7, 11) is 0. The van der Waals surface area contributed by atoms with E-state index < -0.39 is 18.1 Å². The Hall–Kier alpha value is -1.88. The molecule has 5 nitrogen and oxygen atoms in total. The standard InChI is InChI=1S/C12H16N2O3/c1-8(13)11(15)14-9(2)12(16)17-10-6-4-3-5-7-10/h3-9H,13H2,1-2H3,(H,14,15)/t8-,9-/m0/s1. The van der Waals surface area contributed by atoms with E-state index in [-0.39, 0.29) is 5.91 Å². The van der Waals surface area contributed by atoms with Crippen molar-refractivity contribution >= 4 is 11.9 Å². The van der Waals surface area contributed by atoms with Crippen molar-refractivity contribution in [2.45, 2.75) is 25.9 Å². The Morgan fingerprint density at radius 2 is 1.82 bits per heavy atom. The van der Waals surface area contributed by atoms with E-state index in [9.17, 15) is 9.59 Å². The van der Waals surface area contributed by atoms with Gasteiger partial charge in [0.1, 0.15) is 11.8 Å². The van der Waals surface area contributed by atoms with Gasteiger partial charge in [-0.1, -0.05) is 18.2 Å². The van der Waals surface area contributed by atoms with E-state index in [1.807, 2.05) is 6.07 Å². The highest BCUT2D eigenvalue weighted by Crippen LogP contribution is 2.09. The van der Waals surface area contributed by atoms with Gasteiger partial charge in [-0.25, -0.2) is 4.79 Å². The first-order valence-corrected chi connectivity index (χ1v) is 5.33. The van der Waals surface area contributed by atoms with Crippen LogP contribution in [0.1, 0.15) is 13.8 Å². The molecule has 0 aliphatic carbocycles. The molecular formula is C12H16N2O3. The molecule has 0 bridgehead atoms. The van der Waals surface area contributed by atoms with E-state index in [0.717, 1.165) is 0 Å². The summed E-state index contributed by atoms with van der Waals surface area (Å²) < 4.78 is 5.06. The molecule has 2 atom stereocenters. The summed E-state index contributed by atoms with van der Waals surface area (Å²) in [6, 6.07) is 7.28. The minimum atomic E-state index is -0.728. The average molecular weight is 236 g/mol. The van der Waals surface area contributed by atoms with Gasteiger partial charge >= 0.3 is 5.97 Å². The summed E-state index contributed by atoms with van der Waals surface area (Å²) >= 11 is 0. The third-order valence-electron chi connectivity index (χ3n) is 2.09. The fourth-order valence-corrected chi connectivity index (χ4v) is 1.10. The van der Waals surface area contributed by atoms with Crippen molar-refractivity contribution in [1.29, 1.82) is 0 Å². The highest BCUT2D eigenvalue weighted by atomic mass is 16.5. The minimum absolute atomic E-state index is 0.387. The Labute approximate surface area is 99.9 Å². The monoisotopic (exact) mass is 236 g/mol. The molecule has 1 rings (SSSR count). The number of carbonyl (C=O) groups is 2. The van der Waals surface area contributed by atoms with Gasteiger partial charge in [0.05, 0.1) is 6.04 Å². The first-order chi connectivity index (χ1) is 8.00. The number of para-hydroxylation sites is 1. The summed E-state index contributed by atoms with van der Waals surface area (Å²) in [6.07, 6.45) is 0. The first-order valence-electron chi connectivity index (χ1n) is 5.33. The first kappa shape index (κ1) is 13.2. The fourth-order valence-electron chi connectivity index (χ4n) is 1.10. The van der Waals surface area contributed by atoms with Crippen molar-refractivity contribution in [3.63, 3.8) is 0 Å². The van der Waals surface area contributed by atoms with Crippen LogP contribution in [0.4, 0.5) is 0 Å². The molecule has 17 heavy (non-hydrogen) atoms. The molecule has 0 fully saturated rings. The van der Waals surface area contributed by atoms with Crippen molar-refractivity contribution in [1.82, 2.24) is 5.32 Å². The third-order valence-corrected chi connectivity index (χ3v) is 2.09. The lowest BCUT2D eigenvalue weighted by Gasteiger charge is -2.14. The van der Waals surface area contributed by atoms with Gasteiger partial charge in [-0.3, -0.25) is 4.79 Å². The number of hydrogen-bond donors (Lipinski definition) is 2. The maximum Gasteiger partial charge on any atom is 0.333 e. The maximum absolute atomic E-state index is 11.6. The zero-order valence-electron chi connectivity index (χ0n) is 9.84. The number of nitrogens with one attached hydrogen (secondary N) is 1. The van der Waals surface area contributed by atoms with Crippen LogP contribution in [0.5, 0.6) is 5.75 Å². The Morgan fingerprint density at radius 3 is 2.35 bits per heavy atom. The van der Waals surface area contributed by atoms with Gasteiger partial charge in [-0.2, -0.15) is 0 Å². The van der Waals surface area contributed by atoms with E-state index in [0.29, 0.717) is 5.75 Å². The van der Waals surface area contributed by atoms with Crippen LogP contribution in [0, 0.1) is 0 Å². The quantitative estimate of drug-likeness (QED) is 0.587. The smallest absolute Gasteiger partial charge is 0.333 e. The second-order valence-corrected chi connectivity index (χ2v) is 3.75. The molecule has 0 heterocycles. The molecule has 1 aromatic carbocycles. The average Bonchev–Trinajstić information content (AvgIpc) is 2.29. The molecule has 0 unspecified atom stereocenters. The lowest BCUT2D eigenvalue weighted by Crippen LogP contribution is -2.47. The second-order valence-electron chi connectivity index (χ2n) is 3.75. The summed E-state index contributed by atoms with van der Waals surface area (Å²) in [4.78, 5) is 22.9. The van der Waals surface area contributed by atoms with Crippen molar-refractivity contribution in [3.05, 3.63) is 30.3 Å². The van der Waals surface area contributed by atoms with Gasteiger partial charge in [0.25, 0.3) is 0 Å². The Morgan fingerprint density at radius 1 is 1.24 bits per heavy atom. The predicted molar refractivity (Wildman–Crippen MR) is 63.3 cm³/mol. The Kier molecular flexibility index (Phi) is 4.66. The van der Waals surface area contributed by atoms with E-state index in [1.54, 1.807) is 38.1 Å². The summed E-state index contributed by atoms with van der Waals surface area (Å²) in [5.74, 6) is -0.466. The zero-order chi connectivity index (χ0) is 12.8. The van der Waals surface area contributed by atoms with Crippen LogP contribution in [0.25, 0.3) is 0 Å². The zero-order valence-corrected chi connectivity index (χ0v) is 9.84. The Balaban J connectivity index is 2.51. The van der Waals surface area contributed by atoms with Gasteiger partial charge < -0.3 is 15.8 Å². The number of ether oxygens (including phenoxy) is 1. The topological polar surface area (TPSA) is 81.4 Å². The van der Waals surface area contributed by atoms with Crippen molar-refractivity contribution in [3.8, 4) is 5.75 Å². The van der Waals surface area contributed by atoms with Crippen molar-refractivity contribution < 1.29 is 14.3 Å². The molecule has 92 valence electrons. The number of hydrogen-bond acceptors (Lipinski definition) is 4. The number of carbonyl (C=O) groups excluding carboxylic acids is 2. The van der Waals surface area contributed by atoms with E-state index >= 15 is 0 Å². The number of esters is 1. The number of nitrogens with two attached hydrogens (primary N) is 1. The number of amides is 1. The lowest BCUT2D eigenvalue weighted by molar-refractivity contribution is -0.139. The van der Waals surface area contributed by atoms with Gasteiger partial charge in [0.15, 0.2) is 0 Å². The van der Waals surface area contributed by atoms with Crippen molar-refractivity contribution in [2.24, 2.45) is 5.73 Å². The lowest BCUT2D eigenvalue weighted by atomic mass is 10.3. The third kappa shape index (κ3) is 4.24. The molecule has 0 aliphatic heterocycles. The summed E-state index contributed by atoms with van der Waals surface area (Å²) in [5.41, 5.74) is 5.37. The molecule has 1 aromatic rings. The molecule has 0 aliphatic rings. The SMILES string of the molecule is C[C@H](N)C(=O)N[C@@H](C)C(=O)Oc1ccccc1. The minimum Gasteiger partial charge on any atom is -0.425 e. The van der Waals surface area contributed by atoms with Crippen LogP contribution in [0.3, 0.4) is 0 Å². The van der Waals surface area contributed by atoms with Gasteiger partial charge in [0.2, 0.25) is 5.91 Å².